The maximum absolute atomic E-state index is 12.5. The van der Waals surface area contributed by atoms with Gasteiger partial charge in [0.25, 0.3) is 0 Å². The molecule has 0 spiro atoms. The number of hydrogen-bond donors (Lipinski definition) is 2. The number of carbonyl (C=O) groups excluding carboxylic acids is 1. The van der Waals surface area contributed by atoms with E-state index < -0.39 is 24.3 Å². The molecule has 36 heavy (non-hydrogen) atoms. The highest BCUT2D eigenvalue weighted by molar-refractivity contribution is 5.82. The van der Waals surface area contributed by atoms with Gasteiger partial charge in [-0.25, -0.2) is 4.79 Å². The van der Waals surface area contributed by atoms with E-state index in [9.17, 15) is 15.0 Å². The van der Waals surface area contributed by atoms with Crippen LogP contribution in [0.3, 0.4) is 0 Å². The standard InChI is InChI=1S/C30H42O6/c1-21-15-16-34-26(19-21)13-14-28(32)29-11-4-7-24(31)18-22(2)17-23(3)20-27-10-5-8-25(35-27)9-6-12-30(33)36-29/h4-8,12-15,23-29,31-32H,2,9-11,16-20H2,1,3H3/t23-,24-,25-,26+,27-,28-,29-/m0/s1. The van der Waals surface area contributed by atoms with E-state index in [1.807, 2.05) is 18.2 Å². The minimum absolute atomic E-state index is 0.0795. The fourth-order valence-corrected chi connectivity index (χ4v) is 4.86. The van der Waals surface area contributed by atoms with Gasteiger partial charge < -0.3 is 24.4 Å². The maximum Gasteiger partial charge on any atom is 0.330 e. The summed E-state index contributed by atoms with van der Waals surface area (Å²) in [4.78, 5) is 12.5. The predicted octanol–water partition coefficient (Wildman–Crippen LogP) is 4.89. The number of esters is 1. The first-order valence-electron chi connectivity index (χ1n) is 13.1. The molecule has 0 aromatic rings. The molecule has 3 aliphatic heterocycles. The van der Waals surface area contributed by atoms with Crippen molar-refractivity contribution in [1.82, 2.24) is 0 Å². The molecule has 6 heteroatoms. The Morgan fingerprint density at radius 3 is 2.72 bits per heavy atom. The summed E-state index contributed by atoms with van der Waals surface area (Å²) in [7, 11) is 0. The van der Waals surface area contributed by atoms with Gasteiger partial charge in [0.15, 0.2) is 0 Å². The van der Waals surface area contributed by atoms with Crippen LogP contribution in [-0.2, 0) is 19.0 Å². The molecule has 2 bridgehead atoms. The molecule has 0 amide bonds. The van der Waals surface area contributed by atoms with Crippen molar-refractivity contribution in [3.63, 3.8) is 0 Å². The number of aliphatic hydroxyl groups is 2. The van der Waals surface area contributed by atoms with Crippen LogP contribution in [0.2, 0.25) is 0 Å². The lowest BCUT2D eigenvalue weighted by atomic mass is 9.91. The van der Waals surface area contributed by atoms with Crippen LogP contribution in [-0.4, -0.2) is 59.4 Å². The first kappa shape index (κ1) is 28.3. The zero-order valence-corrected chi connectivity index (χ0v) is 21.6. The second kappa shape index (κ2) is 14.5. The number of hydrogen-bond acceptors (Lipinski definition) is 6. The summed E-state index contributed by atoms with van der Waals surface area (Å²) in [6.07, 6.45) is 18.5. The summed E-state index contributed by atoms with van der Waals surface area (Å²) in [6.45, 7) is 8.95. The molecule has 0 saturated carbocycles. The largest absolute Gasteiger partial charge is 0.456 e. The maximum atomic E-state index is 12.5. The van der Waals surface area contributed by atoms with Crippen LogP contribution in [0.1, 0.15) is 58.8 Å². The topological polar surface area (TPSA) is 85.2 Å². The Balaban J connectivity index is 1.70. The van der Waals surface area contributed by atoms with E-state index in [2.05, 4.69) is 26.5 Å². The zero-order chi connectivity index (χ0) is 25.9. The molecule has 198 valence electrons. The van der Waals surface area contributed by atoms with Crippen LogP contribution in [0, 0.1) is 5.92 Å². The molecule has 0 aliphatic carbocycles. The smallest absolute Gasteiger partial charge is 0.330 e. The van der Waals surface area contributed by atoms with Crippen molar-refractivity contribution in [2.75, 3.05) is 6.61 Å². The number of rotatable bonds is 3. The van der Waals surface area contributed by atoms with Crippen LogP contribution in [0.15, 0.2) is 72.4 Å². The number of cyclic esters (lactones) is 1. The van der Waals surface area contributed by atoms with Crippen molar-refractivity contribution in [3.05, 3.63) is 72.4 Å². The van der Waals surface area contributed by atoms with Crippen LogP contribution >= 0.6 is 0 Å². The van der Waals surface area contributed by atoms with Gasteiger partial charge in [0.1, 0.15) is 12.2 Å². The van der Waals surface area contributed by atoms with Gasteiger partial charge >= 0.3 is 5.97 Å². The van der Waals surface area contributed by atoms with Crippen molar-refractivity contribution in [1.29, 1.82) is 0 Å². The summed E-state index contributed by atoms with van der Waals surface area (Å²) in [6, 6.07) is 0. The normalized spacial score (nSPS) is 34.1. The minimum atomic E-state index is -1.01. The summed E-state index contributed by atoms with van der Waals surface area (Å²) < 4.78 is 17.5. The lowest BCUT2D eigenvalue weighted by Crippen LogP contribution is -2.30. The second-order valence-corrected chi connectivity index (χ2v) is 10.3. The second-order valence-electron chi connectivity index (χ2n) is 10.3. The molecule has 0 unspecified atom stereocenters. The van der Waals surface area contributed by atoms with E-state index in [1.165, 1.54) is 11.6 Å². The fraction of sp³-hybridized carbons (Fsp3) is 0.567. The summed E-state index contributed by atoms with van der Waals surface area (Å²) in [5.74, 6) is -0.123. The predicted molar refractivity (Wildman–Crippen MR) is 141 cm³/mol. The van der Waals surface area contributed by atoms with E-state index in [0.29, 0.717) is 25.4 Å². The lowest BCUT2D eigenvalue weighted by molar-refractivity contribution is -0.147. The Bertz CT molecular complexity index is 882. The van der Waals surface area contributed by atoms with E-state index in [0.717, 1.165) is 31.3 Å². The third kappa shape index (κ3) is 10.0. The molecule has 0 aromatic carbocycles. The van der Waals surface area contributed by atoms with Gasteiger partial charge in [0.05, 0.1) is 31.0 Å². The van der Waals surface area contributed by atoms with Gasteiger partial charge in [-0.2, -0.15) is 0 Å². The van der Waals surface area contributed by atoms with Crippen LogP contribution in [0.25, 0.3) is 0 Å². The third-order valence-electron chi connectivity index (χ3n) is 6.70. The Kier molecular flexibility index (Phi) is 11.4. The summed E-state index contributed by atoms with van der Waals surface area (Å²) in [5.41, 5.74) is 2.24. The summed E-state index contributed by atoms with van der Waals surface area (Å²) >= 11 is 0. The molecular formula is C30H42O6. The highest BCUT2D eigenvalue weighted by Gasteiger charge is 2.23. The SMILES string of the molecule is C=C1C[C@H](C)C[C@@H]2CC=C[C@@H](CC=CC(=O)O[C@H]([C@@H](O)C=C[C@@H]3CC(C)=CCO3)CC=C[C@H](O)C1)O2. The van der Waals surface area contributed by atoms with Gasteiger partial charge in [0, 0.05) is 12.5 Å². The molecule has 0 saturated heterocycles. The van der Waals surface area contributed by atoms with Gasteiger partial charge in [-0.1, -0.05) is 73.3 Å². The number of aliphatic hydroxyl groups excluding tert-OH is 2. The van der Waals surface area contributed by atoms with Crippen molar-refractivity contribution in [3.8, 4) is 0 Å². The van der Waals surface area contributed by atoms with Crippen LogP contribution in [0.4, 0.5) is 0 Å². The molecule has 7 atom stereocenters. The molecular weight excluding hydrogens is 456 g/mol. The molecule has 2 N–H and O–H groups in total. The Hall–Kier alpha value is -2.25. The Morgan fingerprint density at radius 2 is 1.92 bits per heavy atom. The van der Waals surface area contributed by atoms with Gasteiger partial charge in [-0.05, 0) is 51.4 Å². The van der Waals surface area contributed by atoms with Gasteiger partial charge in [0.2, 0.25) is 0 Å². The highest BCUT2D eigenvalue weighted by Crippen LogP contribution is 2.26. The highest BCUT2D eigenvalue weighted by atomic mass is 16.6. The molecule has 0 radical (unpaired) electrons. The average molecular weight is 499 g/mol. The van der Waals surface area contributed by atoms with E-state index >= 15 is 0 Å². The molecule has 3 rings (SSSR count). The minimum Gasteiger partial charge on any atom is -0.456 e. The number of fused-ring (bicyclic) bond motifs is 2. The molecule has 6 nitrogen and oxygen atoms in total. The lowest BCUT2D eigenvalue weighted by Gasteiger charge is -2.28. The monoisotopic (exact) mass is 498 g/mol. The molecule has 3 aliphatic rings. The zero-order valence-electron chi connectivity index (χ0n) is 21.6. The fourth-order valence-electron chi connectivity index (χ4n) is 4.86. The first-order chi connectivity index (χ1) is 17.3. The number of carbonyl (C=O) groups is 1. The first-order valence-corrected chi connectivity index (χ1v) is 13.1. The van der Waals surface area contributed by atoms with Crippen LogP contribution in [0.5, 0.6) is 0 Å². The van der Waals surface area contributed by atoms with Crippen molar-refractivity contribution < 1.29 is 29.2 Å². The Morgan fingerprint density at radius 1 is 1.11 bits per heavy atom. The van der Waals surface area contributed by atoms with Gasteiger partial charge in [-0.3, -0.25) is 0 Å². The Labute approximate surface area is 215 Å². The summed E-state index contributed by atoms with van der Waals surface area (Å²) in [5, 5.41) is 21.3. The quantitative estimate of drug-likeness (QED) is 0.426. The molecule has 3 heterocycles. The number of ether oxygens (including phenoxy) is 3. The van der Waals surface area contributed by atoms with Crippen molar-refractivity contribution in [2.24, 2.45) is 5.92 Å². The van der Waals surface area contributed by atoms with Gasteiger partial charge in [-0.15, -0.1) is 0 Å². The van der Waals surface area contributed by atoms with Crippen LogP contribution < -0.4 is 0 Å². The molecule has 0 aromatic heterocycles. The van der Waals surface area contributed by atoms with E-state index in [-0.39, 0.29) is 24.7 Å². The van der Waals surface area contributed by atoms with E-state index in [1.54, 1.807) is 24.3 Å². The van der Waals surface area contributed by atoms with Crippen molar-refractivity contribution in [2.45, 2.75) is 95.4 Å². The molecule has 0 fully saturated rings. The average Bonchev–Trinajstić information content (AvgIpc) is 2.81. The van der Waals surface area contributed by atoms with Crippen molar-refractivity contribution >= 4 is 5.97 Å². The third-order valence-corrected chi connectivity index (χ3v) is 6.70. The van der Waals surface area contributed by atoms with E-state index in [4.69, 9.17) is 14.2 Å².